The summed E-state index contributed by atoms with van der Waals surface area (Å²) < 4.78 is 69.7. The highest BCUT2D eigenvalue weighted by Crippen LogP contribution is 2.32. The highest BCUT2D eigenvalue weighted by molar-refractivity contribution is 7.96. The monoisotopic (exact) mass is 447 g/mol. The maximum Gasteiger partial charge on any atom is 0.309 e. The quantitative estimate of drug-likeness (QED) is 0.496. The van der Waals surface area contributed by atoms with Gasteiger partial charge >= 0.3 is 5.97 Å². The lowest BCUT2D eigenvalue weighted by Gasteiger charge is -2.36. The van der Waals surface area contributed by atoms with Gasteiger partial charge in [0.25, 0.3) is 0 Å². The second-order valence-corrected chi connectivity index (χ2v) is 12.0. The number of piperidine rings is 1. The lowest BCUT2D eigenvalue weighted by Crippen LogP contribution is -2.50. The molecule has 0 aliphatic carbocycles. The number of sulfone groups is 2. The first-order valence-corrected chi connectivity index (χ1v) is 13.0. The van der Waals surface area contributed by atoms with Crippen LogP contribution in [-0.2, 0) is 29.2 Å². The molecular formula is C19H26FNO6S2. The second kappa shape index (κ2) is 8.31. The van der Waals surface area contributed by atoms with E-state index in [1.54, 1.807) is 6.92 Å². The van der Waals surface area contributed by atoms with Crippen LogP contribution in [0.5, 0.6) is 0 Å². The van der Waals surface area contributed by atoms with E-state index >= 15 is 0 Å². The van der Waals surface area contributed by atoms with Gasteiger partial charge in [-0.25, -0.2) is 21.2 Å². The third-order valence-corrected chi connectivity index (χ3v) is 9.86. The number of esters is 1. The molecule has 0 unspecified atom stereocenters. The molecule has 2 aliphatic rings. The molecule has 2 atom stereocenters. The van der Waals surface area contributed by atoms with E-state index in [9.17, 15) is 26.0 Å². The topological polar surface area (TPSA) is 97.8 Å². The zero-order chi connectivity index (χ0) is 21.4. The van der Waals surface area contributed by atoms with E-state index in [1.807, 2.05) is 4.90 Å². The van der Waals surface area contributed by atoms with Gasteiger partial charge in [-0.15, -0.1) is 0 Å². The molecule has 0 saturated carbocycles. The van der Waals surface area contributed by atoms with Gasteiger partial charge in [-0.1, -0.05) is 0 Å². The minimum absolute atomic E-state index is 0.0649. The summed E-state index contributed by atoms with van der Waals surface area (Å²) in [6, 6.07) is 2.84. The van der Waals surface area contributed by atoms with Crippen LogP contribution in [0.25, 0.3) is 0 Å². The predicted octanol–water partition coefficient (Wildman–Crippen LogP) is 1.35. The number of hydrogen-bond acceptors (Lipinski definition) is 7. The highest BCUT2D eigenvalue weighted by Gasteiger charge is 2.49. The number of carbonyl (C=O) groups excluding carboxylic acids is 1. The molecule has 29 heavy (non-hydrogen) atoms. The van der Waals surface area contributed by atoms with Crippen LogP contribution < -0.4 is 0 Å². The molecule has 2 aliphatic heterocycles. The van der Waals surface area contributed by atoms with Gasteiger partial charge in [-0.05, 0) is 63.5 Å². The largest absolute Gasteiger partial charge is 0.466 e. The SMILES string of the molecule is CCOC(=O)C1CCN([C@H]2CS(=O)(=O)C[C@@H]2S(=O)(=O)c2ccc(F)c(C)c2)CC1. The third-order valence-electron chi connectivity index (χ3n) is 5.75. The molecule has 1 aromatic rings. The lowest BCUT2D eigenvalue weighted by atomic mass is 9.95. The molecule has 10 heteroatoms. The lowest BCUT2D eigenvalue weighted by molar-refractivity contribution is -0.149. The van der Waals surface area contributed by atoms with Crippen molar-refractivity contribution < 1.29 is 30.8 Å². The van der Waals surface area contributed by atoms with E-state index in [1.165, 1.54) is 19.1 Å². The van der Waals surface area contributed by atoms with Crippen LogP contribution in [0.3, 0.4) is 0 Å². The van der Waals surface area contributed by atoms with Crippen LogP contribution in [0.1, 0.15) is 25.3 Å². The third kappa shape index (κ3) is 4.64. The van der Waals surface area contributed by atoms with Crippen molar-refractivity contribution in [2.24, 2.45) is 5.92 Å². The second-order valence-electron chi connectivity index (χ2n) is 7.70. The number of carbonyl (C=O) groups is 1. The van der Waals surface area contributed by atoms with Gasteiger partial charge in [0.15, 0.2) is 19.7 Å². The molecule has 0 aromatic heterocycles. The van der Waals surface area contributed by atoms with Gasteiger partial charge in [0, 0.05) is 6.04 Å². The van der Waals surface area contributed by atoms with Gasteiger partial charge in [-0.3, -0.25) is 9.69 Å². The Bertz CT molecular complexity index is 984. The van der Waals surface area contributed by atoms with Crippen LogP contribution >= 0.6 is 0 Å². The molecule has 2 heterocycles. The smallest absolute Gasteiger partial charge is 0.309 e. The van der Waals surface area contributed by atoms with E-state index in [2.05, 4.69) is 0 Å². The molecule has 0 radical (unpaired) electrons. The van der Waals surface area contributed by atoms with Gasteiger partial charge in [0.1, 0.15) is 5.82 Å². The van der Waals surface area contributed by atoms with Gasteiger partial charge in [-0.2, -0.15) is 0 Å². The maximum atomic E-state index is 13.6. The first-order valence-electron chi connectivity index (χ1n) is 9.66. The van der Waals surface area contributed by atoms with Crippen LogP contribution in [0.4, 0.5) is 4.39 Å². The Labute approximate surface area is 171 Å². The summed E-state index contributed by atoms with van der Waals surface area (Å²) in [5.41, 5.74) is 0.193. The normalized spacial score (nSPS) is 25.8. The Balaban J connectivity index is 1.83. The molecule has 0 spiro atoms. The Kier molecular flexibility index (Phi) is 6.35. The van der Waals surface area contributed by atoms with E-state index < -0.39 is 42.5 Å². The number of aryl methyl sites for hydroxylation is 1. The Hall–Kier alpha value is -1.52. The van der Waals surface area contributed by atoms with Crippen molar-refractivity contribution in [3.8, 4) is 0 Å². The van der Waals surface area contributed by atoms with Crippen molar-refractivity contribution in [2.75, 3.05) is 31.2 Å². The van der Waals surface area contributed by atoms with Gasteiger partial charge < -0.3 is 4.74 Å². The molecular weight excluding hydrogens is 421 g/mol. The number of benzene rings is 1. The maximum absolute atomic E-state index is 13.6. The van der Waals surface area contributed by atoms with Crippen molar-refractivity contribution in [1.82, 2.24) is 4.90 Å². The molecule has 1 aromatic carbocycles. The number of halogens is 1. The Morgan fingerprint density at radius 3 is 2.48 bits per heavy atom. The molecule has 0 bridgehead atoms. The minimum Gasteiger partial charge on any atom is -0.466 e. The van der Waals surface area contributed by atoms with E-state index in [0.29, 0.717) is 32.5 Å². The number of nitrogens with zero attached hydrogens (tertiary/aromatic N) is 1. The Morgan fingerprint density at radius 2 is 1.90 bits per heavy atom. The number of hydrogen-bond donors (Lipinski definition) is 0. The van der Waals surface area contributed by atoms with E-state index in [0.717, 1.165) is 6.07 Å². The van der Waals surface area contributed by atoms with Crippen LogP contribution in [-0.4, -0.2) is 70.2 Å². The summed E-state index contributed by atoms with van der Waals surface area (Å²) in [5, 5.41) is -1.11. The fourth-order valence-corrected chi connectivity index (χ4v) is 9.04. The van der Waals surface area contributed by atoms with Crippen molar-refractivity contribution in [3.05, 3.63) is 29.6 Å². The summed E-state index contributed by atoms with van der Waals surface area (Å²) in [7, 11) is -7.49. The standard InChI is InChI=1S/C19H26FNO6S2/c1-3-27-19(22)14-6-8-21(9-7-14)17-11-28(23,24)12-18(17)29(25,26)15-4-5-16(20)13(2)10-15/h4-5,10,14,17-18H,3,6-9,11-12H2,1-2H3/t17-,18-/m0/s1. The number of rotatable bonds is 5. The van der Waals surface area contributed by atoms with Gasteiger partial charge in [0.2, 0.25) is 0 Å². The van der Waals surface area contributed by atoms with Crippen molar-refractivity contribution in [3.63, 3.8) is 0 Å². The summed E-state index contributed by atoms with van der Waals surface area (Å²) >= 11 is 0. The van der Waals surface area contributed by atoms with Crippen LogP contribution in [0.15, 0.2) is 23.1 Å². The number of ether oxygens (including phenoxy) is 1. The molecule has 2 fully saturated rings. The fraction of sp³-hybridized carbons (Fsp3) is 0.632. The fourth-order valence-electron chi connectivity index (χ4n) is 4.13. The van der Waals surface area contributed by atoms with E-state index in [4.69, 9.17) is 4.74 Å². The first-order chi connectivity index (χ1) is 13.5. The number of likely N-dealkylation sites (tertiary alicyclic amines) is 1. The summed E-state index contributed by atoms with van der Waals surface area (Å²) in [4.78, 5) is 13.7. The first kappa shape index (κ1) is 22.2. The minimum atomic E-state index is -3.97. The van der Waals surface area contributed by atoms with Gasteiger partial charge in [0.05, 0.1) is 34.2 Å². The van der Waals surface area contributed by atoms with Crippen molar-refractivity contribution >= 4 is 25.6 Å². The summed E-state index contributed by atoms with van der Waals surface area (Å²) in [5.74, 6) is -1.72. The van der Waals surface area contributed by atoms with Crippen LogP contribution in [0, 0.1) is 18.7 Å². The average molecular weight is 448 g/mol. The summed E-state index contributed by atoms with van der Waals surface area (Å²) in [6.07, 6.45) is 0.996. The Morgan fingerprint density at radius 1 is 1.24 bits per heavy atom. The molecule has 7 nitrogen and oxygen atoms in total. The predicted molar refractivity (Wildman–Crippen MR) is 105 cm³/mol. The van der Waals surface area contributed by atoms with Crippen LogP contribution in [0.2, 0.25) is 0 Å². The van der Waals surface area contributed by atoms with E-state index in [-0.39, 0.29) is 28.1 Å². The van der Waals surface area contributed by atoms with Crippen molar-refractivity contribution in [1.29, 1.82) is 0 Å². The average Bonchev–Trinajstić information content (AvgIpc) is 3.00. The van der Waals surface area contributed by atoms with Crippen molar-refractivity contribution in [2.45, 2.75) is 42.9 Å². The zero-order valence-electron chi connectivity index (χ0n) is 16.5. The molecule has 3 rings (SSSR count). The molecule has 2 saturated heterocycles. The summed E-state index contributed by atoms with van der Waals surface area (Å²) in [6.45, 7) is 4.37. The molecule has 162 valence electrons. The highest BCUT2D eigenvalue weighted by atomic mass is 32.2. The molecule has 0 N–H and O–H groups in total. The molecule has 0 amide bonds. The zero-order valence-corrected chi connectivity index (χ0v) is 18.1.